The lowest BCUT2D eigenvalue weighted by atomic mass is 10.3. The highest BCUT2D eigenvalue weighted by Crippen LogP contribution is 2.18. The molecule has 0 fully saturated rings. The highest BCUT2D eigenvalue weighted by molar-refractivity contribution is 6.29. The van der Waals surface area contributed by atoms with Gasteiger partial charge in [-0.25, -0.2) is 9.78 Å². The number of aromatic nitrogens is 2. The predicted octanol–water partition coefficient (Wildman–Crippen LogP) is 2.47. The molecule has 0 aromatic carbocycles. The monoisotopic (exact) mass is 238 g/mol. The van der Waals surface area contributed by atoms with Crippen LogP contribution in [-0.4, -0.2) is 22.0 Å². The minimum atomic E-state index is -0.376. The van der Waals surface area contributed by atoms with E-state index in [1.165, 1.54) is 0 Å². The normalized spacial score (nSPS) is 10.7. The van der Waals surface area contributed by atoms with Crippen LogP contribution in [0.1, 0.15) is 23.0 Å². The van der Waals surface area contributed by atoms with Crippen molar-refractivity contribution in [2.75, 3.05) is 6.61 Å². The van der Waals surface area contributed by atoms with Crippen LogP contribution in [0.5, 0.6) is 0 Å². The summed E-state index contributed by atoms with van der Waals surface area (Å²) >= 11 is 6.03. The first kappa shape index (κ1) is 11.0. The van der Waals surface area contributed by atoms with E-state index in [-0.39, 0.29) is 5.97 Å². The van der Waals surface area contributed by atoms with E-state index in [0.29, 0.717) is 23.0 Å². The number of hydrogen-bond acceptors (Lipinski definition) is 3. The maximum absolute atomic E-state index is 11.6. The van der Waals surface area contributed by atoms with E-state index >= 15 is 0 Å². The molecule has 0 spiro atoms. The molecule has 0 radical (unpaired) electrons. The molecule has 2 heterocycles. The molecule has 0 aliphatic carbocycles. The fourth-order valence-corrected chi connectivity index (χ4v) is 1.81. The summed E-state index contributed by atoms with van der Waals surface area (Å²) in [5, 5.41) is 0.526. The van der Waals surface area contributed by atoms with Crippen LogP contribution in [0.25, 0.3) is 5.65 Å². The third-order valence-electron chi connectivity index (χ3n) is 2.20. The van der Waals surface area contributed by atoms with Crippen molar-refractivity contribution in [1.29, 1.82) is 0 Å². The van der Waals surface area contributed by atoms with E-state index in [4.69, 9.17) is 16.3 Å². The molecule has 0 aliphatic heterocycles. The van der Waals surface area contributed by atoms with Crippen LogP contribution in [-0.2, 0) is 4.74 Å². The first-order chi connectivity index (χ1) is 7.63. The molecule has 0 saturated heterocycles. The number of aryl methyl sites for hydroxylation is 1. The third-order valence-corrected chi connectivity index (χ3v) is 2.49. The fourth-order valence-electron chi connectivity index (χ4n) is 1.52. The largest absolute Gasteiger partial charge is 0.462 e. The molecule has 0 atom stereocenters. The number of hydrogen-bond donors (Lipinski definition) is 0. The Hall–Kier alpha value is -1.55. The molecule has 84 valence electrons. The van der Waals surface area contributed by atoms with Crippen molar-refractivity contribution in [2.45, 2.75) is 13.8 Å². The van der Waals surface area contributed by atoms with E-state index in [2.05, 4.69) is 4.98 Å². The number of ether oxygens (including phenoxy) is 1. The number of halogens is 1. The van der Waals surface area contributed by atoms with Gasteiger partial charge in [0.15, 0.2) is 5.65 Å². The molecule has 2 rings (SSSR count). The van der Waals surface area contributed by atoms with Gasteiger partial charge < -0.3 is 4.74 Å². The number of nitrogens with zero attached hydrogens (tertiary/aromatic N) is 2. The Morgan fingerprint density at radius 3 is 3.06 bits per heavy atom. The van der Waals surface area contributed by atoms with Gasteiger partial charge in [-0.3, -0.25) is 4.40 Å². The van der Waals surface area contributed by atoms with Gasteiger partial charge in [0.2, 0.25) is 0 Å². The van der Waals surface area contributed by atoms with Crippen LogP contribution in [0.15, 0.2) is 18.3 Å². The van der Waals surface area contributed by atoms with Crippen molar-refractivity contribution >= 4 is 23.2 Å². The molecule has 2 aromatic rings. The molecule has 0 unspecified atom stereocenters. The van der Waals surface area contributed by atoms with Crippen LogP contribution >= 0.6 is 11.6 Å². The Balaban J connectivity index is 2.60. The molecule has 2 aromatic heterocycles. The standard InChI is InChI=1S/C11H11ClN2O2/c1-3-16-11(15)8-4-5-14-9(12)6-7(2)13-10(8)14/h4-6H,3H2,1-2H3. The van der Waals surface area contributed by atoms with Gasteiger partial charge in [0.25, 0.3) is 0 Å². The summed E-state index contributed by atoms with van der Waals surface area (Å²) in [5.41, 5.74) is 1.73. The van der Waals surface area contributed by atoms with E-state index in [0.717, 1.165) is 5.69 Å². The van der Waals surface area contributed by atoms with Crippen LogP contribution in [0.2, 0.25) is 5.15 Å². The maximum Gasteiger partial charge on any atom is 0.341 e. The third kappa shape index (κ3) is 1.76. The topological polar surface area (TPSA) is 43.6 Å². The molecule has 0 amide bonds. The SMILES string of the molecule is CCOC(=O)c1ccn2c(Cl)cc(C)nc12. The maximum atomic E-state index is 11.6. The van der Waals surface area contributed by atoms with Gasteiger partial charge in [-0.05, 0) is 26.0 Å². The second-order valence-corrected chi connectivity index (χ2v) is 3.75. The molecule has 16 heavy (non-hydrogen) atoms. The van der Waals surface area contributed by atoms with Crippen molar-refractivity contribution in [2.24, 2.45) is 0 Å². The van der Waals surface area contributed by atoms with Gasteiger partial charge >= 0.3 is 5.97 Å². The predicted molar refractivity (Wildman–Crippen MR) is 60.9 cm³/mol. The van der Waals surface area contributed by atoms with Gasteiger partial charge in [0.1, 0.15) is 10.7 Å². The van der Waals surface area contributed by atoms with Gasteiger partial charge in [-0.15, -0.1) is 0 Å². The Kier molecular flexibility index (Phi) is 2.83. The van der Waals surface area contributed by atoms with Crippen LogP contribution in [0.4, 0.5) is 0 Å². The van der Waals surface area contributed by atoms with E-state index in [9.17, 15) is 4.79 Å². The second kappa shape index (κ2) is 4.14. The molecule has 5 heteroatoms. The summed E-state index contributed by atoms with van der Waals surface area (Å²) < 4.78 is 6.59. The van der Waals surface area contributed by atoms with Crippen LogP contribution in [0.3, 0.4) is 0 Å². The van der Waals surface area contributed by atoms with Crippen molar-refractivity contribution in [3.63, 3.8) is 0 Å². The van der Waals surface area contributed by atoms with Crippen LogP contribution < -0.4 is 0 Å². The lowest BCUT2D eigenvalue weighted by Gasteiger charge is -2.02. The zero-order valence-electron chi connectivity index (χ0n) is 9.03. The molecule has 0 bridgehead atoms. The fraction of sp³-hybridized carbons (Fsp3) is 0.273. The highest BCUT2D eigenvalue weighted by atomic mass is 35.5. The first-order valence-electron chi connectivity index (χ1n) is 4.94. The minimum absolute atomic E-state index is 0.343. The lowest BCUT2D eigenvalue weighted by molar-refractivity contribution is 0.0528. The zero-order valence-corrected chi connectivity index (χ0v) is 9.78. The van der Waals surface area contributed by atoms with Gasteiger partial charge in [0, 0.05) is 11.9 Å². The minimum Gasteiger partial charge on any atom is -0.462 e. The van der Waals surface area contributed by atoms with Crippen LogP contribution in [0, 0.1) is 6.92 Å². The molecule has 0 N–H and O–H groups in total. The van der Waals surface area contributed by atoms with Crippen molar-refractivity contribution in [3.8, 4) is 0 Å². The zero-order chi connectivity index (χ0) is 11.7. The number of esters is 1. The van der Waals surface area contributed by atoms with Gasteiger partial charge in [0.05, 0.1) is 6.61 Å². The molecular formula is C11H11ClN2O2. The molecule has 0 aliphatic rings. The lowest BCUT2D eigenvalue weighted by Crippen LogP contribution is -2.05. The summed E-state index contributed by atoms with van der Waals surface area (Å²) in [6.07, 6.45) is 1.70. The van der Waals surface area contributed by atoms with Crippen molar-refractivity contribution in [3.05, 3.63) is 34.7 Å². The molecule has 0 saturated carbocycles. The van der Waals surface area contributed by atoms with Crippen molar-refractivity contribution in [1.82, 2.24) is 9.38 Å². The first-order valence-corrected chi connectivity index (χ1v) is 5.32. The molecular weight excluding hydrogens is 228 g/mol. The summed E-state index contributed by atoms with van der Waals surface area (Å²) in [7, 11) is 0. The quantitative estimate of drug-likeness (QED) is 0.596. The smallest absolute Gasteiger partial charge is 0.341 e. The van der Waals surface area contributed by atoms with Gasteiger partial charge in [-0.2, -0.15) is 0 Å². The Morgan fingerprint density at radius 1 is 1.62 bits per heavy atom. The summed E-state index contributed by atoms with van der Waals surface area (Å²) in [4.78, 5) is 15.9. The Labute approximate surface area is 97.8 Å². The number of rotatable bonds is 2. The summed E-state index contributed by atoms with van der Waals surface area (Å²) in [6, 6.07) is 3.40. The summed E-state index contributed by atoms with van der Waals surface area (Å²) in [5.74, 6) is -0.376. The number of carbonyl (C=O) groups is 1. The number of carbonyl (C=O) groups excluding carboxylic acids is 1. The van der Waals surface area contributed by atoms with Gasteiger partial charge in [-0.1, -0.05) is 11.6 Å². The van der Waals surface area contributed by atoms with Crippen molar-refractivity contribution < 1.29 is 9.53 Å². The van der Waals surface area contributed by atoms with E-state index < -0.39 is 0 Å². The highest BCUT2D eigenvalue weighted by Gasteiger charge is 2.15. The van der Waals surface area contributed by atoms with E-state index in [1.807, 2.05) is 6.92 Å². The molecule has 4 nitrogen and oxygen atoms in total. The average Bonchev–Trinajstić information content (AvgIpc) is 2.61. The van der Waals surface area contributed by atoms with E-state index in [1.54, 1.807) is 29.7 Å². The Morgan fingerprint density at radius 2 is 2.38 bits per heavy atom. The summed E-state index contributed by atoms with van der Waals surface area (Å²) in [6.45, 7) is 3.94. The second-order valence-electron chi connectivity index (χ2n) is 3.36. The number of fused-ring (bicyclic) bond motifs is 1. The Bertz CT molecular complexity index is 548. The average molecular weight is 239 g/mol.